The van der Waals surface area contributed by atoms with Crippen molar-refractivity contribution in [2.24, 2.45) is 0 Å². The first kappa shape index (κ1) is 13.5. The van der Waals surface area contributed by atoms with Crippen LogP contribution < -0.4 is 5.32 Å². The van der Waals surface area contributed by atoms with E-state index in [-0.39, 0.29) is 5.56 Å². The van der Waals surface area contributed by atoms with Crippen LogP contribution in [0, 0.1) is 13.8 Å². The molecule has 0 fully saturated rings. The molecule has 2 N–H and O–H groups in total. The molecule has 0 unspecified atom stereocenters. The zero-order valence-corrected chi connectivity index (χ0v) is 12.0. The predicted molar refractivity (Wildman–Crippen MR) is 75.9 cm³/mol. The fourth-order valence-corrected chi connectivity index (χ4v) is 2.10. The van der Waals surface area contributed by atoms with Crippen LogP contribution in [0.25, 0.3) is 0 Å². The summed E-state index contributed by atoms with van der Waals surface area (Å²) in [5, 5.41) is 12.0. The minimum atomic E-state index is -1.02. The van der Waals surface area contributed by atoms with Crippen LogP contribution in [0.3, 0.4) is 0 Å². The molecule has 0 atom stereocenters. The molecule has 0 aliphatic heterocycles. The third kappa shape index (κ3) is 3.08. The molecule has 0 aliphatic carbocycles. The lowest BCUT2D eigenvalue weighted by atomic mass is 10.2. The molecule has 1 aromatic heterocycles. The molecule has 0 saturated carbocycles. The molecule has 0 spiro atoms. The van der Waals surface area contributed by atoms with Crippen molar-refractivity contribution in [1.29, 1.82) is 0 Å². The normalized spacial score (nSPS) is 10.3. The summed E-state index contributed by atoms with van der Waals surface area (Å²) in [6, 6.07) is 5.79. The van der Waals surface area contributed by atoms with E-state index in [2.05, 4.69) is 31.2 Å². The van der Waals surface area contributed by atoms with Gasteiger partial charge in [0.1, 0.15) is 0 Å². The monoisotopic (exact) mass is 321 g/mol. The van der Waals surface area contributed by atoms with Crippen LogP contribution >= 0.6 is 15.9 Å². The number of aromatic carboxylic acids is 1. The zero-order valence-electron chi connectivity index (χ0n) is 10.4. The number of nitrogens with one attached hydrogen (secondary N) is 1. The van der Waals surface area contributed by atoms with Crippen LogP contribution in [0.5, 0.6) is 0 Å². The first-order valence-electron chi connectivity index (χ1n) is 5.57. The minimum absolute atomic E-state index is 0.109. The number of aromatic nitrogens is 2. The van der Waals surface area contributed by atoms with Crippen molar-refractivity contribution < 1.29 is 9.90 Å². The Balaban J connectivity index is 2.29. The van der Waals surface area contributed by atoms with Gasteiger partial charge in [-0.25, -0.2) is 14.8 Å². The lowest BCUT2D eigenvalue weighted by molar-refractivity contribution is 0.0695. The topological polar surface area (TPSA) is 75.1 Å². The lowest BCUT2D eigenvalue weighted by Gasteiger charge is -2.09. The molecule has 0 amide bonds. The molecular formula is C13H12BrN3O2. The number of carbonyl (C=O) groups is 1. The summed E-state index contributed by atoms with van der Waals surface area (Å²) < 4.78 is 0.994. The Morgan fingerprint density at radius 3 is 2.68 bits per heavy atom. The van der Waals surface area contributed by atoms with Crippen LogP contribution in [0.4, 0.5) is 11.6 Å². The highest BCUT2D eigenvalue weighted by Crippen LogP contribution is 2.22. The predicted octanol–water partition coefficient (Wildman–Crippen LogP) is 3.30. The van der Waals surface area contributed by atoms with Crippen molar-refractivity contribution >= 4 is 33.5 Å². The number of hydrogen-bond donors (Lipinski definition) is 2. The average molecular weight is 322 g/mol. The van der Waals surface area contributed by atoms with E-state index in [0.29, 0.717) is 11.6 Å². The highest BCUT2D eigenvalue weighted by Gasteiger charge is 2.10. The van der Waals surface area contributed by atoms with Gasteiger partial charge in [0.15, 0.2) is 0 Å². The maximum Gasteiger partial charge on any atom is 0.339 e. The van der Waals surface area contributed by atoms with Crippen LogP contribution in [-0.4, -0.2) is 21.0 Å². The summed E-state index contributed by atoms with van der Waals surface area (Å²) in [5.41, 5.74) is 2.46. The number of carboxylic acid groups (broad SMARTS) is 1. The van der Waals surface area contributed by atoms with E-state index < -0.39 is 5.97 Å². The second-order valence-electron chi connectivity index (χ2n) is 4.08. The Morgan fingerprint density at radius 1 is 1.37 bits per heavy atom. The standard InChI is InChI=1S/C13H12BrN3O2/c1-7-5-9(14)3-4-11(7)17-13-15-6-10(12(18)19)8(2)16-13/h3-6H,1-2H3,(H,18,19)(H,15,16,17). The Morgan fingerprint density at radius 2 is 2.11 bits per heavy atom. The molecule has 0 radical (unpaired) electrons. The summed E-state index contributed by atoms with van der Waals surface area (Å²) in [6.45, 7) is 3.61. The van der Waals surface area contributed by atoms with Crippen LogP contribution in [-0.2, 0) is 0 Å². The van der Waals surface area contributed by atoms with Crippen molar-refractivity contribution in [3.63, 3.8) is 0 Å². The number of hydrogen-bond acceptors (Lipinski definition) is 4. The van der Waals surface area contributed by atoms with Gasteiger partial charge in [0.25, 0.3) is 0 Å². The lowest BCUT2D eigenvalue weighted by Crippen LogP contribution is -2.06. The highest BCUT2D eigenvalue weighted by atomic mass is 79.9. The van der Waals surface area contributed by atoms with Gasteiger partial charge in [-0.05, 0) is 37.6 Å². The third-order valence-corrected chi connectivity index (χ3v) is 3.14. The first-order valence-corrected chi connectivity index (χ1v) is 6.37. The van der Waals surface area contributed by atoms with Gasteiger partial charge in [0, 0.05) is 16.4 Å². The highest BCUT2D eigenvalue weighted by molar-refractivity contribution is 9.10. The van der Waals surface area contributed by atoms with E-state index in [1.807, 2.05) is 25.1 Å². The van der Waals surface area contributed by atoms with Gasteiger partial charge < -0.3 is 10.4 Å². The van der Waals surface area contributed by atoms with Crippen LogP contribution in [0.15, 0.2) is 28.9 Å². The Kier molecular flexibility index (Phi) is 3.80. The maximum atomic E-state index is 10.9. The minimum Gasteiger partial charge on any atom is -0.478 e. The van der Waals surface area contributed by atoms with Gasteiger partial charge in [-0.1, -0.05) is 15.9 Å². The van der Waals surface area contributed by atoms with Gasteiger partial charge in [-0.15, -0.1) is 0 Å². The van der Waals surface area contributed by atoms with Crippen molar-refractivity contribution in [3.8, 4) is 0 Å². The molecule has 0 bridgehead atoms. The number of benzene rings is 1. The number of halogens is 1. The number of carboxylic acids is 1. The molecule has 1 heterocycles. The van der Waals surface area contributed by atoms with Gasteiger partial charge in [0.05, 0.1) is 11.3 Å². The SMILES string of the molecule is Cc1cc(Br)ccc1Nc1ncc(C(=O)O)c(C)n1. The largest absolute Gasteiger partial charge is 0.478 e. The quantitative estimate of drug-likeness (QED) is 0.907. The van der Waals surface area contributed by atoms with E-state index in [0.717, 1.165) is 15.7 Å². The molecule has 0 saturated heterocycles. The third-order valence-electron chi connectivity index (χ3n) is 2.64. The molecule has 5 nitrogen and oxygen atoms in total. The van der Waals surface area contributed by atoms with Gasteiger partial charge in [-0.2, -0.15) is 0 Å². The molecular weight excluding hydrogens is 310 g/mol. The smallest absolute Gasteiger partial charge is 0.339 e. The van der Waals surface area contributed by atoms with Crippen molar-refractivity contribution in [2.75, 3.05) is 5.32 Å². The maximum absolute atomic E-state index is 10.9. The number of nitrogens with zero attached hydrogens (tertiary/aromatic N) is 2. The van der Waals surface area contributed by atoms with Crippen molar-refractivity contribution in [3.05, 3.63) is 45.7 Å². The summed E-state index contributed by atoms with van der Waals surface area (Å²) in [6.07, 6.45) is 1.31. The second kappa shape index (κ2) is 5.36. The van der Waals surface area contributed by atoms with Crippen LogP contribution in [0.2, 0.25) is 0 Å². The first-order chi connectivity index (χ1) is 8.97. The molecule has 0 aliphatic rings. The fourth-order valence-electron chi connectivity index (χ4n) is 1.63. The summed E-state index contributed by atoms with van der Waals surface area (Å²) in [7, 11) is 0. The van der Waals surface area contributed by atoms with Crippen molar-refractivity contribution in [2.45, 2.75) is 13.8 Å². The average Bonchev–Trinajstić information content (AvgIpc) is 2.32. The van der Waals surface area contributed by atoms with E-state index >= 15 is 0 Å². The number of rotatable bonds is 3. The van der Waals surface area contributed by atoms with Gasteiger partial charge in [0.2, 0.25) is 5.95 Å². The second-order valence-corrected chi connectivity index (χ2v) is 5.00. The van der Waals surface area contributed by atoms with Gasteiger partial charge >= 0.3 is 5.97 Å². The van der Waals surface area contributed by atoms with E-state index in [1.54, 1.807) is 6.92 Å². The molecule has 6 heteroatoms. The Bertz CT molecular complexity index is 644. The molecule has 19 heavy (non-hydrogen) atoms. The number of aryl methyl sites for hydroxylation is 2. The molecule has 2 aromatic rings. The van der Waals surface area contributed by atoms with Gasteiger partial charge in [-0.3, -0.25) is 0 Å². The van der Waals surface area contributed by atoms with E-state index in [4.69, 9.17) is 5.11 Å². The van der Waals surface area contributed by atoms with Crippen LogP contribution in [0.1, 0.15) is 21.6 Å². The van der Waals surface area contributed by atoms with E-state index in [1.165, 1.54) is 6.20 Å². The molecule has 98 valence electrons. The van der Waals surface area contributed by atoms with Crippen molar-refractivity contribution in [1.82, 2.24) is 9.97 Å². The summed E-state index contributed by atoms with van der Waals surface area (Å²) >= 11 is 3.39. The molecule has 1 aromatic carbocycles. The number of anilines is 2. The fraction of sp³-hybridized carbons (Fsp3) is 0.154. The Hall–Kier alpha value is -1.95. The zero-order chi connectivity index (χ0) is 14.0. The summed E-state index contributed by atoms with van der Waals surface area (Å²) in [5.74, 6) is -0.642. The van der Waals surface area contributed by atoms with E-state index in [9.17, 15) is 4.79 Å². The Labute approximate surface area is 118 Å². The molecule has 2 rings (SSSR count). The summed E-state index contributed by atoms with van der Waals surface area (Å²) in [4.78, 5) is 19.0.